The molecule has 1 aliphatic carbocycles. The van der Waals surface area contributed by atoms with E-state index in [4.69, 9.17) is 4.74 Å². The van der Waals surface area contributed by atoms with Crippen LogP contribution in [0.3, 0.4) is 0 Å². The molecule has 0 radical (unpaired) electrons. The van der Waals surface area contributed by atoms with Crippen molar-refractivity contribution in [3.8, 4) is 0 Å². The second kappa shape index (κ2) is 6.43. The zero-order chi connectivity index (χ0) is 21.1. The van der Waals surface area contributed by atoms with Crippen LogP contribution in [-0.2, 0) is 15.1 Å². The van der Waals surface area contributed by atoms with Gasteiger partial charge in [0.25, 0.3) is 0 Å². The van der Waals surface area contributed by atoms with E-state index < -0.39 is 17.1 Å². The van der Waals surface area contributed by atoms with Gasteiger partial charge in [-0.3, -0.25) is 9.20 Å². The van der Waals surface area contributed by atoms with Crippen molar-refractivity contribution in [3.05, 3.63) is 36.2 Å². The van der Waals surface area contributed by atoms with Gasteiger partial charge in [0, 0.05) is 19.0 Å². The van der Waals surface area contributed by atoms with Crippen molar-refractivity contribution in [2.45, 2.75) is 45.8 Å². The van der Waals surface area contributed by atoms with E-state index in [-0.39, 0.29) is 29.8 Å². The van der Waals surface area contributed by atoms with Crippen LogP contribution >= 0.6 is 0 Å². The SMILES string of the molecule is CC(C)(C)OC(=O)N1C[C@@H]2[C@H](C1)[C@H]2C(=O)NC(C)(C)c1ncc2cccc(F)n12. The van der Waals surface area contributed by atoms with Crippen molar-refractivity contribution in [1.29, 1.82) is 0 Å². The summed E-state index contributed by atoms with van der Waals surface area (Å²) in [5.41, 5.74) is -0.737. The molecule has 2 aliphatic rings. The molecule has 2 fully saturated rings. The smallest absolute Gasteiger partial charge is 0.410 e. The molecule has 1 N–H and O–H groups in total. The van der Waals surface area contributed by atoms with Crippen molar-refractivity contribution < 1.29 is 18.7 Å². The third kappa shape index (κ3) is 3.56. The summed E-state index contributed by atoms with van der Waals surface area (Å²) in [6.07, 6.45) is 1.26. The van der Waals surface area contributed by atoms with Crippen LogP contribution in [0.4, 0.5) is 9.18 Å². The largest absolute Gasteiger partial charge is 0.444 e. The topological polar surface area (TPSA) is 75.9 Å². The number of fused-ring (bicyclic) bond motifs is 2. The van der Waals surface area contributed by atoms with Crippen LogP contribution < -0.4 is 5.32 Å². The Kier molecular flexibility index (Phi) is 4.36. The summed E-state index contributed by atoms with van der Waals surface area (Å²) in [5.74, 6) is 0.0962. The zero-order valence-corrected chi connectivity index (χ0v) is 17.4. The summed E-state index contributed by atoms with van der Waals surface area (Å²) in [5, 5.41) is 3.03. The fourth-order valence-corrected chi connectivity index (χ4v) is 4.29. The lowest BCUT2D eigenvalue weighted by molar-refractivity contribution is -0.125. The molecule has 3 heterocycles. The Hall–Kier alpha value is -2.64. The molecule has 3 atom stereocenters. The van der Waals surface area contributed by atoms with Gasteiger partial charge in [-0.2, -0.15) is 4.39 Å². The van der Waals surface area contributed by atoms with Gasteiger partial charge < -0.3 is 15.0 Å². The van der Waals surface area contributed by atoms with Gasteiger partial charge in [-0.05, 0) is 58.6 Å². The third-order valence-electron chi connectivity index (χ3n) is 5.65. The van der Waals surface area contributed by atoms with Crippen LogP contribution in [0, 0.1) is 23.7 Å². The van der Waals surface area contributed by atoms with Crippen molar-refractivity contribution in [2.24, 2.45) is 17.8 Å². The number of carbonyl (C=O) groups is 2. The second-order valence-corrected chi connectivity index (χ2v) is 9.54. The molecule has 0 spiro atoms. The molecule has 0 unspecified atom stereocenters. The number of pyridine rings is 1. The van der Waals surface area contributed by atoms with Gasteiger partial charge in [0.05, 0.1) is 17.3 Å². The van der Waals surface area contributed by atoms with E-state index in [0.717, 1.165) is 0 Å². The fraction of sp³-hybridized carbons (Fsp3) is 0.571. The Bertz CT molecular complexity index is 966. The Morgan fingerprint density at radius 1 is 1.17 bits per heavy atom. The number of nitrogens with one attached hydrogen (secondary N) is 1. The number of likely N-dealkylation sites (tertiary alicyclic amines) is 1. The molecule has 1 saturated carbocycles. The number of rotatable bonds is 3. The lowest BCUT2D eigenvalue weighted by Gasteiger charge is -2.27. The highest BCUT2D eigenvalue weighted by atomic mass is 19.1. The summed E-state index contributed by atoms with van der Waals surface area (Å²) in [4.78, 5) is 31.1. The molecule has 0 aromatic carbocycles. The predicted molar refractivity (Wildman–Crippen MR) is 105 cm³/mol. The second-order valence-electron chi connectivity index (χ2n) is 9.54. The average molecular weight is 402 g/mol. The minimum Gasteiger partial charge on any atom is -0.444 e. The molecular formula is C21H27FN4O3. The molecule has 29 heavy (non-hydrogen) atoms. The Morgan fingerprint density at radius 2 is 1.83 bits per heavy atom. The molecule has 2 aromatic heterocycles. The minimum absolute atomic E-state index is 0.0815. The van der Waals surface area contributed by atoms with E-state index in [9.17, 15) is 14.0 Å². The van der Waals surface area contributed by atoms with Crippen LogP contribution in [-0.4, -0.2) is 45.0 Å². The van der Waals surface area contributed by atoms with Crippen molar-refractivity contribution in [2.75, 3.05) is 13.1 Å². The summed E-state index contributed by atoms with van der Waals surface area (Å²) in [7, 11) is 0. The molecule has 2 aromatic rings. The molecule has 7 nitrogen and oxygen atoms in total. The van der Waals surface area contributed by atoms with Gasteiger partial charge in [-0.1, -0.05) is 6.07 Å². The quantitative estimate of drug-likeness (QED) is 0.801. The minimum atomic E-state index is -0.840. The van der Waals surface area contributed by atoms with Crippen molar-refractivity contribution in [3.63, 3.8) is 0 Å². The number of amides is 2. The number of ether oxygens (including phenoxy) is 1. The third-order valence-corrected chi connectivity index (χ3v) is 5.65. The zero-order valence-electron chi connectivity index (χ0n) is 17.4. The molecule has 1 saturated heterocycles. The van der Waals surface area contributed by atoms with E-state index in [0.29, 0.717) is 24.4 Å². The molecule has 1 aliphatic heterocycles. The molecule has 8 heteroatoms. The number of hydrogen-bond acceptors (Lipinski definition) is 4. The fourth-order valence-electron chi connectivity index (χ4n) is 4.29. The number of halogens is 1. The summed E-state index contributed by atoms with van der Waals surface area (Å²) >= 11 is 0. The molecule has 156 valence electrons. The highest BCUT2D eigenvalue weighted by molar-refractivity contribution is 5.84. The Morgan fingerprint density at radius 3 is 2.45 bits per heavy atom. The summed E-state index contributed by atoms with van der Waals surface area (Å²) < 4.78 is 21.1. The number of piperidine rings is 1. The Balaban J connectivity index is 1.41. The number of hydrogen-bond donors (Lipinski definition) is 1. The lowest BCUT2D eigenvalue weighted by Crippen LogP contribution is -2.45. The van der Waals surface area contributed by atoms with Crippen molar-refractivity contribution in [1.82, 2.24) is 19.6 Å². The summed E-state index contributed by atoms with van der Waals surface area (Å²) in [6.45, 7) is 10.2. The monoisotopic (exact) mass is 402 g/mol. The van der Waals surface area contributed by atoms with Crippen LogP contribution in [0.25, 0.3) is 5.52 Å². The highest BCUT2D eigenvalue weighted by Gasteiger charge is 2.61. The maximum atomic E-state index is 14.3. The molecule has 0 bridgehead atoms. The normalized spacial score (nSPS) is 23.8. The molecular weight excluding hydrogens is 375 g/mol. The van der Waals surface area contributed by atoms with Gasteiger partial charge in [0.2, 0.25) is 5.91 Å². The van der Waals surface area contributed by atoms with Gasteiger partial charge in [0.1, 0.15) is 11.4 Å². The number of carbonyl (C=O) groups excluding carboxylic acids is 2. The van der Waals surface area contributed by atoms with E-state index in [2.05, 4.69) is 10.3 Å². The van der Waals surface area contributed by atoms with Crippen LogP contribution in [0.5, 0.6) is 0 Å². The predicted octanol–water partition coefficient (Wildman–Crippen LogP) is 2.94. The standard InChI is InChI=1S/C21H27FN4O3/c1-20(2,3)29-19(28)25-10-13-14(11-25)16(13)17(27)24-21(4,5)18-23-9-12-7-6-8-15(22)26(12)18/h6-9,13-14,16H,10-11H2,1-5H3,(H,24,27)/t13-,14+,16+. The molecule has 4 rings (SSSR count). The van der Waals surface area contributed by atoms with Crippen LogP contribution in [0.1, 0.15) is 40.4 Å². The first-order valence-electron chi connectivity index (χ1n) is 9.90. The molecule has 2 amide bonds. The van der Waals surface area contributed by atoms with Crippen LogP contribution in [0.2, 0.25) is 0 Å². The van der Waals surface area contributed by atoms with E-state index >= 15 is 0 Å². The number of imidazole rings is 1. The van der Waals surface area contributed by atoms with Gasteiger partial charge >= 0.3 is 6.09 Å². The van der Waals surface area contributed by atoms with E-state index in [1.807, 2.05) is 34.6 Å². The van der Waals surface area contributed by atoms with E-state index in [1.54, 1.807) is 23.2 Å². The highest BCUT2D eigenvalue weighted by Crippen LogP contribution is 2.52. The average Bonchev–Trinajstić information content (AvgIpc) is 2.96. The number of aromatic nitrogens is 2. The first-order valence-corrected chi connectivity index (χ1v) is 9.90. The van der Waals surface area contributed by atoms with Gasteiger partial charge in [-0.15, -0.1) is 0 Å². The van der Waals surface area contributed by atoms with Gasteiger partial charge in [-0.25, -0.2) is 9.78 Å². The number of nitrogens with zero attached hydrogens (tertiary/aromatic N) is 3. The summed E-state index contributed by atoms with van der Waals surface area (Å²) in [6, 6.07) is 4.77. The lowest BCUT2D eigenvalue weighted by atomic mass is 10.0. The van der Waals surface area contributed by atoms with Crippen LogP contribution in [0.15, 0.2) is 24.4 Å². The first kappa shape index (κ1) is 19.7. The van der Waals surface area contributed by atoms with Gasteiger partial charge in [0.15, 0.2) is 5.95 Å². The maximum Gasteiger partial charge on any atom is 0.410 e. The van der Waals surface area contributed by atoms with Crippen molar-refractivity contribution >= 4 is 17.5 Å². The van der Waals surface area contributed by atoms with E-state index in [1.165, 1.54) is 10.5 Å². The first-order chi connectivity index (χ1) is 13.5. The Labute approximate surface area is 169 Å². The maximum absolute atomic E-state index is 14.3.